The second-order valence-electron chi connectivity index (χ2n) is 4.70. The number of ether oxygens (including phenoxy) is 1. The van der Waals surface area contributed by atoms with Gasteiger partial charge in [-0.3, -0.25) is 10.1 Å². The van der Waals surface area contributed by atoms with Crippen LogP contribution in [0.2, 0.25) is 0 Å². The molecule has 2 atom stereocenters. The van der Waals surface area contributed by atoms with Crippen molar-refractivity contribution in [1.29, 1.82) is 0 Å². The van der Waals surface area contributed by atoms with E-state index in [0.717, 1.165) is 19.3 Å². The minimum atomic E-state index is -0.504. The lowest BCUT2D eigenvalue weighted by molar-refractivity contribution is -0.385. The van der Waals surface area contributed by atoms with Gasteiger partial charge in [0.05, 0.1) is 12.0 Å². The van der Waals surface area contributed by atoms with Gasteiger partial charge in [0.1, 0.15) is 6.33 Å². The van der Waals surface area contributed by atoms with Gasteiger partial charge in [0.2, 0.25) is 5.82 Å². The van der Waals surface area contributed by atoms with E-state index in [1.165, 1.54) is 19.9 Å². The van der Waals surface area contributed by atoms with Gasteiger partial charge in [0, 0.05) is 11.3 Å². The number of nitrogens with one attached hydrogen (secondary N) is 1. The summed E-state index contributed by atoms with van der Waals surface area (Å²) in [5, 5.41) is 14.9. The van der Waals surface area contributed by atoms with Crippen LogP contribution >= 0.6 is 11.8 Å². The van der Waals surface area contributed by atoms with E-state index >= 15 is 0 Å². The lowest BCUT2D eigenvalue weighted by atomic mass is 9.95. The molecule has 1 aromatic rings. The Kier molecular flexibility index (Phi) is 4.99. The summed E-state index contributed by atoms with van der Waals surface area (Å²) in [7, 11) is 1.36. The van der Waals surface area contributed by atoms with E-state index in [1.54, 1.807) is 0 Å². The Morgan fingerprint density at radius 3 is 2.95 bits per heavy atom. The standard InChI is InChI=1S/C12H18N4O3S/c1-19-12-10(16(17)18)11(13-7-14-12)15-8-4-3-5-9(6-8)20-2/h7-9H,3-6H2,1-2H3,(H,13,14,15). The van der Waals surface area contributed by atoms with E-state index < -0.39 is 4.92 Å². The van der Waals surface area contributed by atoms with E-state index in [9.17, 15) is 10.1 Å². The third kappa shape index (κ3) is 3.30. The fourth-order valence-corrected chi connectivity index (χ4v) is 3.29. The minimum Gasteiger partial charge on any atom is -0.476 e. The largest absolute Gasteiger partial charge is 0.476 e. The van der Waals surface area contributed by atoms with Crippen LogP contribution < -0.4 is 10.1 Å². The first-order valence-corrected chi connectivity index (χ1v) is 7.77. The van der Waals surface area contributed by atoms with Crippen LogP contribution in [-0.4, -0.2) is 39.5 Å². The van der Waals surface area contributed by atoms with Crippen molar-refractivity contribution in [3.8, 4) is 5.88 Å². The lowest BCUT2D eigenvalue weighted by Crippen LogP contribution is -2.29. The van der Waals surface area contributed by atoms with Crippen molar-refractivity contribution in [3.05, 3.63) is 16.4 Å². The molecule has 20 heavy (non-hydrogen) atoms. The summed E-state index contributed by atoms with van der Waals surface area (Å²) in [6.45, 7) is 0. The number of anilines is 1. The molecule has 0 bridgehead atoms. The second kappa shape index (κ2) is 6.74. The van der Waals surface area contributed by atoms with Crippen LogP contribution in [0, 0.1) is 10.1 Å². The second-order valence-corrected chi connectivity index (χ2v) is 5.84. The molecule has 0 saturated heterocycles. The summed E-state index contributed by atoms with van der Waals surface area (Å²) in [5.74, 6) is 0.235. The van der Waals surface area contributed by atoms with Crippen molar-refractivity contribution in [2.24, 2.45) is 0 Å². The van der Waals surface area contributed by atoms with Gasteiger partial charge in [-0.1, -0.05) is 6.42 Å². The van der Waals surface area contributed by atoms with Crippen LogP contribution in [0.5, 0.6) is 5.88 Å². The van der Waals surface area contributed by atoms with Crippen LogP contribution in [0.1, 0.15) is 25.7 Å². The van der Waals surface area contributed by atoms with Gasteiger partial charge in [-0.05, 0) is 25.5 Å². The van der Waals surface area contributed by atoms with Crippen LogP contribution in [0.4, 0.5) is 11.5 Å². The molecule has 1 fully saturated rings. The Morgan fingerprint density at radius 2 is 2.30 bits per heavy atom. The quantitative estimate of drug-likeness (QED) is 0.659. The average Bonchev–Trinajstić information content (AvgIpc) is 2.46. The summed E-state index contributed by atoms with van der Waals surface area (Å²) >= 11 is 1.85. The summed E-state index contributed by atoms with van der Waals surface area (Å²) in [4.78, 5) is 18.4. The van der Waals surface area contributed by atoms with Crippen LogP contribution in [0.3, 0.4) is 0 Å². The molecule has 0 radical (unpaired) electrons. The lowest BCUT2D eigenvalue weighted by Gasteiger charge is -2.28. The molecule has 7 nitrogen and oxygen atoms in total. The Labute approximate surface area is 121 Å². The highest BCUT2D eigenvalue weighted by Crippen LogP contribution is 2.34. The number of thioether (sulfide) groups is 1. The zero-order valence-corrected chi connectivity index (χ0v) is 12.4. The summed E-state index contributed by atoms with van der Waals surface area (Å²) in [6, 6.07) is 0.208. The third-order valence-electron chi connectivity index (χ3n) is 3.46. The predicted molar refractivity (Wildman–Crippen MR) is 78.4 cm³/mol. The molecule has 2 rings (SSSR count). The average molecular weight is 298 g/mol. The molecule has 0 amide bonds. The van der Waals surface area contributed by atoms with Crippen LogP contribution in [0.15, 0.2) is 6.33 Å². The van der Waals surface area contributed by atoms with Gasteiger partial charge in [0.25, 0.3) is 5.88 Å². The van der Waals surface area contributed by atoms with Gasteiger partial charge in [-0.2, -0.15) is 16.7 Å². The molecule has 1 aliphatic carbocycles. The Morgan fingerprint density at radius 1 is 1.50 bits per heavy atom. The molecule has 8 heteroatoms. The molecular weight excluding hydrogens is 280 g/mol. The van der Waals surface area contributed by atoms with E-state index in [1.807, 2.05) is 11.8 Å². The van der Waals surface area contributed by atoms with Gasteiger partial charge in [0.15, 0.2) is 0 Å². The fraction of sp³-hybridized carbons (Fsp3) is 0.667. The van der Waals surface area contributed by atoms with Crippen molar-refractivity contribution >= 4 is 23.3 Å². The number of methoxy groups -OCH3 is 1. The molecule has 1 saturated carbocycles. The first-order valence-electron chi connectivity index (χ1n) is 6.48. The van der Waals surface area contributed by atoms with Crippen LogP contribution in [0.25, 0.3) is 0 Å². The zero-order chi connectivity index (χ0) is 14.5. The normalized spacial score (nSPS) is 22.3. The molecule has 1 N–H and O–H groups in total. The molecule has 0 aromatic carbocycles. The Bertz CT molecular complexity index is 486. The maximum absolute atomic E-state index is 11.2. The van der Waals surface area contributed by atoms with Crippen LogP contribution in [-0.2, 0) is 0 Å². The maximum Gasteiger partial charge on any atom is 0.372 e. The predicted octanol–water partition coefficient (Wildman–Crippen LogP) is 2.48. The van der Waals surface area contributed by atoms with Gasteiger partial charge >= 0.3 is 5.69 Å². The fourth-order valence-electron chi connectivity index (χ4n) is 2.47. The summed E-state index contributed by atoms with van der Waals surface area (Å²) in [5.41, 5.74) is -0.193. The van der Waals surface area contributed by atoms with E-state index in [4.69, 9.17) is 4.74 Å². The molecule has 0 spiro atoms. The van der Waals surface area contributed by atoms with E-state index in [0.29, 0.717) is 5.25 Å². The molecular formula is C12H18N4O3S. The maximum atomic E-state index is 11.2. The van der Waals surface area contributed by atoms with Gasteiger partial charge < -0.3 is 10.1 Å². The van der Waals surface area contributed by atoms with Crippen molar-refractivity contribution in [2.75, 3.05) is 18.7 Å². The molecule has 0 aliphatic heterocycles. The number of rotatable bonds is 5. The third-order valence-corrected chi connectivity index (χ3v) is 4.56. The molecule has 2 unspecified atom stereocenters. The highest BCUT2D eigenvalue weighted by atomic mass is 32.2. The van der Waals surface area contributed by atoms with Crippen molar-refractivity contribution in [2.45, 2.75) is 37.0 Å². The Hall–Kier alpha value is -1.57. The number of hydrogen-bond acceptors (Lipinski definition) is 7. The summed E-state index contributed by atoms with van der Waals surface area (Å²) < 4.78 is 4.94. The monoisotopic (exact) mass is 298 g/mol. The molecule has 1 aromatic heterocycles. The van der Waals surface area contributed by atoms with Gasteiger partial charge in [-0.25, -0.2) is 4.98 Å². The van der Waals surface area contributed by atoms with Crippen molar-refractivity contribution < 1.29 is 9.66 Å². The molecule has 1 heterocycles. The topological polar surface area (TPSA) is 90.2 Å². The van der Waals surface area contributed by atoms with E-state index in [-0.39, 0.29) is 23.4 Å². The number of hydrogen-bond donors (Lipinski definition) is 1. The summed E-state index contributed by atoms with van der Waals surface area (Å²) in [6.07, 6.45) is 7.70. The molecule has 110 valence electrons. The molecule has 1 aliphatic rings. The van der Waals surface area contributed by atoms with E-state index in [2.05, 4.69) is 21.5 Å². The highest BCUT2D eigenvalue weighted by molar-refractivity contribution is 7.99. The Balaban J connectivity index is 2.18. The SMILES string of the molecule is COc1ncnc(NC2CCCC(SC)C2)c1[N+](=O)[O-]. The number of nitrogens with zero attached hydrogens (tertiary/aromatic N) is 3. The van der Waals surface area contributed by atoms with Crippen molar-refractivity contribution in [1.82, 2.24) is 9.97 Å². The first kappa shape index (κ1) is 14.8. The van der Waals surface area contributed by atoms with Gasteiger partial charge in [-0.15, -0.1) is 0 Å². The minimum absolute atomic E-state index is 0.00951. The first-order chi connectivity index (χ1) is 9.65. The highest BCUT2D eigenvalue weighted by Gasteiger charge is 2.28. The number of nitro groups is 1. The van der Waals surface area contributed by atoms with Crippen molar-refractivity contribution in [3.63, 3.8) is 0 Å². The zero-order valence-electron chi connectivity index (χ0n) is 11.5. The number of aromatic nitrogens is 2. The smallest absolute Gasteiger partial charge is 0.372 e.